The lowest BCUT2D eigenvalue weighted by Crippen LogP contribution is -2.59. The SMILES string of the molecule is CN(C1CCCCC1)S(=O)(=O)N1CCN(C(=O)C2COCCN2)CC1.Cl. The Hall–Kier alpha value is -0.450. The highest BCUT2D eigenvalue weighted by molar-refractivity contribution is 7.86. The average Bonchev–Trinajstić information content (AvgIpc) is 2.68. The summed E-state index contributed by atoms with van der Waals surface area (Å²) in [4.78, 5) is 14.2. The lowest BCUT2D eigenvalue weighted by atomic mass is 9.96. The van der Waals surface area contributed by atoms with Crippen molar-refractivity contribution in [1.82, 2.24) is 18.8 Å². The van der Waals surface area contributed by atoms with E-state index in [9.17, 15) is 13.2 Å². The summed E-state index contributed by atoms with van der Waals surface area (Å²) in [5.41, 5.74) is 0. The number of hydrogen-bond acceptors (Lipinski definition) is 5. The number of amides is 1. The fourth-order valence-electron chi connectivity index (χ4n) is 3.90. The number of nitrogens with zero attached hydrogens (tertiary/aromatic N) is 3. The number of nitrogens with one attached hydrogen (secondary N) is 1. The van der Waals surface area contributed by atoms with Gasteiger partial charge in [0.25, 0.3) is 10.2 Å². The van der Waals surface area contributed by atoms with Crippen molar-refractivity contribution in [3.63, 3.8) is 0 Å². The van der Waals surface area contributed by atoms with Gasteiger partial charge < -0.3 is 15.0 Å². The Kier molecular flexibility index (Phi) is 8.11. The monoisotopic (exact) mass is 410 g/mol. The van der Waals surface area contributed by atoms with Gasteiger partial charge in [-0.3, -0.25) is 4.79 Å². The van der Waals surface area contributed by atoms with Gasteiger partial charge in [0, 0.05) is 45.8 Å². The molecule has 8 nitrogen and oxygen atoms in total. The number of ether oxygens (including phenoxy) is 1. The van der Waals surface area contributed by atoms with Gasteiger partial charge in [-0.15, -0.1) is 12.4 Å². The maximum atomic E-state index is 12.9. The third kappa shape index (κ3) is 4.88. The third-order valence-corrected chi connectivity index (χ3v) is 7.59. The van der Waals surface area contributed by atoms with E-state index in [0.717, 1.165) is 25.7 Å². The van der Waals surface area contributed by atoms with Crippen LogP contribution in [0.15, 0.2) is 0 Å². The second-order valence-corrected chi connectivity index (χ2v) is 9.11. The van der Waals surface area contributed by atoms with Crippen LogP contribution in [0.1, 0.15) is 32.1 Å². The Labute approximate surface area is 162 Å². The molecule has 26 heavy (non-hydrogen) atoms. The minimum Gasteiger partial charge on any atom is -0.378 e. The van der Waals surface area contributed by atoms with Gasteiger partial charge in [0.05, 0.1) is 13.2 Å². The molecule has 0 aromatic heterocycles. The Morgan fingerprint density at radius 3 is 2.35 bits per heavy atom. The van der Waals surface area contributed by atoms with Gasteiger partial charge in [0.15, 0.2) is 0 Å². The molecule has 0 aromatic rings. The van der Waals surface area contributed by atoms with E-state index in [1.54, 1.807) is 16.3 Å². The molecule has 2 heterocycles. The number of carbonyl (C=O) groups is 1. The summed E-state index contributed by atoms with van der Waals surface area (Å²) in [7, 11) is -1.75. The molecule has 3 fully saturated rings. The van der Waals surface area contributed by atoms with E-state index in [1.807, 2.05) is 0 Å². The zero-order valence-electron chi connectivity index (χ0n) is 15.4. The summed E-state index contributed by atoms with van der Waals surface area (Å²) in [5.74, 6) is 0.0115. The highest BCUT2D eigenvalue weighted by atomic mass is 35.5. The summed E-state index contributed by atoms with van der Waals surface area (Å²) in [6.07, 6.45) is 5.29. The molecule has 0 radical (unpaired) electrons. The van der Waals surface area contributed by atoms with E-state index in [1.165, 1.54) is 10.7 Å². The molecule has 152 valence electrons. The molecule has 2 aliphatic heterocycles. The number of halogens is 1. The van der Waals surface area contributed by atoms with Crippen molar-refractivity contribution in [2.45, 2.75) is 44.2 Å². The maximum Gasteiger partial charge on any atom is 0.282 e. The predicted octanol–water partition coefficient (Wildman–Crippen LogP) is 0.0501. The molecule has 1 atom stereocenters. The molecule has 1 saturated carbocycles. The van der Waals surface area contributed by atoms with Gasteiger partial charge in [-0.1, -0.05) is 19.3 Å². The van der Waals surface area contributed by atoms with E-state index in [0.29, 0.717) is 45.9 Å². The van der Waals surface area contributed by atoms with E-state index < -0.39 is 10.2 Å². The Morgan fingerprint density at radius 1 is 1.12 bits per heavy atom. The molecular weight excluding hydrogens is 380 g/mol. The molecule has 2 saturated heterocycles. The van der Waals surface area contributed by atoms with Crippen molar-refractivity contribution in [3.8, 4) is 0 Å². The molecule has 3 rings (SSSR count). The van der Waals surface area contributed by atoms with Crippen LogP contribution in [0.5, 0.6) is 0 Å². The van der Waals surface area contributed by atoms with Gasteiger partial charge in [-0.2, -0.15) is 17.0 Å². The van der Waals surface area contributed by atoms with Crippen molar-refractivity contribution >= 4 is 28.5 Å². The molecule has 0 spiro atoms. The summed E-state index contributed by atoms with van der Waals surface area (Å²) in [6.45, 7) is 3.29. The van der Waals surface area contributed by atoms with Crippen LogP contribution >= 0.6 is 12.4 Å². The van der Waals surface area contributed by atoms with Crippen LogP contribution in [0.25, 0.3) is 0 Å². The van der Waals surface area contributed by atoms with E-state index in [-0.39, 0.29) is 30.4 Å². The van der Waals surface area contributed by atoms with Crippen LogP contribution < -0.4 is 5.32 Å². The van der Waals surface area contributed by atoms with Crippen LogP contribution in [0.2, 0.25) is 0 Å². The Morgan fingerprint density at radius 2 is 1.77 bits per heavy atom. The fraction of sp³-hybridized carbons (Fsp3) is 0.938. The molecule has 0 aromatic carbocycles. The molecule has 1 aliphatic carbocycles. The molecule has 1 N–H and O–H groups in total. The first-order chi connectivity index (χ1) is 12.0. The molecular formula is C16H31ClN4O4S. The summed E-state index contributed by atoms with van der Waals surface area (Å²) in [6, 6.07) is -0.191. The zero-order chi connectivity index (χ0) is 17.9. The Balaban J connectivity index is 0.00000243. The van der Waals surface area contributed by atoms with Crippen molar-refractivity contribution < 1.29 is 17.9 Å². The van der Waals surface area contributed by atoms with Crippen molar-refractivity contribution in [3.05, 3.63) is 0 Å². The van der Waals surface area contributed by atoms with E-state index in [2.05, 4.69) is 5.32 Å². The van der Waals surface area contributed by atoms with Crippen LogP contribution in [0.3, 0.4) is 0 Å². The van der Waals surface area contributed by atoms with Crippen molar-refractivity contribution in [2.24, 2.45) is 0 Å². The van der Waals surface area contributed by atoms with E-state index >= 15 is 0 Å². The summed E-state index contributed by atoms with van der Waals surface area (Å²) in [5, 5.41) is 3.16. The highest BCUT2D eigenvalue weighted by Gasteiger charge is 2.36. The van der Waals surface area contributed by atoms with Crippen LogP contribution in [0.4, 0.5) is 0 Å². The fourth-order valence-corrected chi connectivity index (χ4v) is 5.48. The second kappa shape index (κ2) is 9.66. The zero-order valence-corrected chi connectivity index (χ0v) is 17.1. The number of morpholine rings is 1. The first-order valence-corrected chi connectivity index (χ1v) is 10.7. The number of hydrogen-bond donors (Lipinski definition) is 1. The van der Waals surface area contributed by atoms with Gasteiger partial charge >= 0.3 is 0 Å². The topological polar surface area (TPSA) is 82.2 Å². The number of piperazine rings is 1. The molecule has 1 unspecified atom stereocenters. The minimum absolute atomic E-state index is 0. The molecule has 1 amide bonds. The lowest BCUT2D eigenvalue weighted by molar-refractivity contribution is -0.137. The average molecular weight is 411 g/mol. The van der Waals surface area contributed by atoms with Crippen LogP contribution in [0, 0.1) is 0 Å². The summed E-state index contributed by atoms with van der Waals surface area (Å²) >= 11 is 0. The highest BCUT2D eigenvalue weighted by Crippen LogP contribution is 2.25. The largest absolute Gasteiger partial charge is 0.378 e. The quantitative estimate of drug-likeness (QED) is 0.708. The predicted molar refractivity (Wildman–Crippen MR) is 102 cm³/mol. The molecule has 10 heteroatoms. The molecule has 0 bridgehead atoms. The maximum absolute atomic E-state index is 12.9. The van der Waals surface area contributed by atoms with E-state index in [4.69, 9.17) is 4.74 Å². The Bertz CT molecular complexity index is 557. The first-order valence-electron chi connectivity index (χ1n) is 9.33. The minimum atomic E-state index is -3.45. The van der Waals surface area contributed by atoms with Gasteiger partial charge in [0.1, 0.15) is 6.04 Å². The standard InChI is InChI=1S/C16H30N4O4S.ClH/c1-18(14-5-3-2-4-6-14)25(22,23)20-10-8-19(9-11-20)16(21)15-13-24-12-7-17-15;/h14-15,17H,2-13H2,1H3;1H. The van der Waals surface area contributed by atoms with Crippen molar-refractivity contribution in [2.75, 3.05) is 53.0 Å². The van der Waals surface area contributed by atoms with Gasteiger partial charge in [-0.05, 0) is 12.8 Å². The van der Waals surface area contributed by atoms with Gasteiger partial charge in [-0.25, -0.2) is 0 Å². The number of carbonyl (C=O) groups excluding carboxylic acids is 1. The third-order valence-electron chi connectivity index (χ3n) is 5.55. The van der Waals surface area contributed by atoms with Crippen LogP contribution in [-0.2, 0) is 19.7 Å². The number of rotatable bonds is 4. The smallest absolute Gasteiger partial charge is 0.282 e. The lowest BCUT2D eigenvalue weighted by Gasteiger charge is -2.39. The summed E-state index contributed by atoms with van der Waals surface area (Å²) < 4.78 is 34.2. The normalized spacial score (nSPS) is 26.5. The van der Waals surface area contributed by atoms with Gasteiger partial charge in [0.2, 0.25) is 5.91 Å². The van der Waals surface area contributed by atoms with Crippen LogP contribution in [-0.4, -0.2) is 92.9 Å². The van der Waals surface area contributed by atoms with Crippen molar-refractivity contribution in [1.29, 1.82) is 0 Å². The second-order valence-electron chi connectivity index (χ2n) is 7.12. The first kappa shape index (κ1) is 21.8. The molecule has 3 aliphatic rings.